The minimum atomic E-state index is -3.59. The smallest absolute Gasteiger partial charge is 0.306 e. The summed E-state index contributed by atoms with van der Waals surface area (Å²) in [5, 5.41) is 0.333. The predicted molar refractivity (Wildman–Crippen MR) is 85.8 cm³/mol. The van der Waals surface area contributed by atoms with Crippen LogP contribution in [0.1, 0.15) is 0 Å². The molecule has 0 bridgehead atoms. The molecule has 0 radical (unpaired) electrons. The molecule has 1 aliphatic heterocycles. The molecule has 2 rings (SSSR count). The van der Waals surface area contributed by atoms with Crippen molar-refractivity contribution in [3.63, 3.8) is 0 Å². The van der Waals surface area contributed by atoms with Crippen molar-refractivity contribution in [2.75, 3.05) is 43.9 Å². The molecule has 1 aromatic carbocycles. The summed E-state index contributed by atoms with van der Waals surface area (Å²) < 4.78 is 27.4. The SMILES string of the molecule is C=CCN1CCN(c2cccc(OS(C)(=O)=O)c2Cl)CC1. The van der Waals surface area contributed by atoms with E-state index in [1.807, 2.05) is 12.1 Å². The van der Waals surface area contributed by atoms with E-state index in [0.717, 1.165) is 44.7 Å². The Bertz CT molecular complexity index is 611. The zero-order chi connectivity index (χ0) is 15.5. The molecule has 5 nitrogen and oxygen atoms in total. The van der Waals surface area contributed by atoms with E-state index in [4.69, 9.17) is 15.8 Å². The molecule has 0 unspecified atom stereocenters. The quantitative estimate of drug-likeness (QED) is 0.610. The Hall–Kier alpha value is -1.24. The van der Waals surface area contributed by atoms with Gasteiger partial charge in [0.05, 0.1) is 11.9 Å². The Morgan fingerprint density at radius 1 is 1.33 bits per heavy atom. The fourth-order valence-corrected chi connectivity index (χ4v) is 3.12. The third kappa shape index (κ3) is 4.36. The van der Waals surface area contributed by atoms with Crippen LogP contribution in [0.3, 0.4) is 0 Å². The molecular formula is C14H19ClN2O3S. The molecule has 116 valence electrons. The number of nitrogens with zero attached hydrogens (tertiary/aromatic N) is 2. The summed E-state index contributed by atoms with van der Waals surface area (Å²) in [6, 6.07) is 5.18. The monoisotopic (exact) mass is 330 g/mol. The molecule has 0 aromatic heterocycles. The van der Waals surface area contributed by atoms with Gasteiger partial charge in [0.15, 0.2) is 5.75 Å². The van der Waals surface area contributed by atoms with Crippen molar-refractivity contribution in [1.82, 2.24) is 4.90 Å². The summed E-state index contributed by atoms with van der Waals surface area (Å²) >= 11 is 6.28. The molecule has 1 aromatic rings. The minimum absolute atomic E-state index is 0.171. The molecule has 1 heterocycles. The van der Waals surface area contributed by atoms with Crippen LogP contribution >= 0.6 is 11.6 Å². The molecule has 0 N–H and O–H groups in total. The number of benzene rings is 1. The Kier molecular flexibility index (Phi) is 5.13. The van der Waals surface area contributed by atoms with Crippen LogP contribution in [0.25, 0.3) is 0 Å². The standard InChI is InChI=1S/C14H19ClN2O3S/c1-3-7-16-8-10-17(11-9-16)12-5-4-6-13(14(12)15)20-21(2,18)19/h3-6H,1,7-11H2,2H3. The molecule has 1 aliphatic rings. The van der Waals surface area contributed by atoms with Gasteiger partial charge in [-0.05, 0) is 12.1 Å². The average molecular weight is 331 g/mol. The number of hydrogen-bond acceptors (Lipinski definition) is 5. The highest BCUT2D eigenvalue weighted by Crippen LogP contribution is 2.35. The largest absolute Gasteiger partial charge is 0.381 e. The molecule has 0 saturated carbocycles. The van der Waals surface area contributed by atoms with E-state index in [9.17, 15) is 8.42 Å². The van der Waals surface area contributed by atoms with Crippen LogP contribution in [-0.2, 0) is 10.1 Å². The van der Waals surface area contributed by atoms with E-state index in [1.54, 1.807) is 12.1 Å². The Balaban J connectivity index is 2.14. The predicted octanol–water partition coefficient (Wildman–Crippen LogP) is 1.99. The van der Waals surface area contributed by atoms with Crippen molar-refractivity contribution < 1.29 is 12.6 Å². The summed E-state index contributed by atoms with van der Waals surface area (Å²) in [6.07, 6.45) is 2.90. The summed E-state index contributed by atoms with van der Waals surface area (Å²) in [6.45, 7) is 8.11. The average Bonchev–Trinajstić information content (AvgIpc) is 2.41. The molecule has 21 heavy (non-hydrogen) atoms. The minimum Gasteiger partial charge on any atom is -0.381 e. The summed E-state index contributed by atoms with van der Waals surface area (Å²) in [7, 11) is -3.59. The zero-order valence-electron chi connectivity index (χ0n) is 12.0. The van der Waals surface area contributed by atoms with Crippen molar-refractivity contribution in [2.24, 2.45) is 0 Å². The maximum atomic E-state index is 11.2. The molecule has 0 aliphatic carbocycles. The lowest BCUT2D eigenvalue weighted by molar-refractivity contribution is 0.284. The zero-order valence-corrected chi connectivity index (χ0v) is 13.5. The van der Waals surface area contributed by atoms with Crippen LogP contribution in [0.5, 0.6) is 5.75 Å². The van der Waals surface area contributed by atoms with Gasteiger partial charge in [-0.15, -0.1) is 6.58 Å². The molecule has 7 heteroatoms. The molecule has 1 fully saturated rings. The second kappa shape index (κ2) is 6.68. The molecule has 1 saturated heterocycles. The van der Waals surface area contributed by atoms with Crippen molar-refractivity contribution >= 4 is 27.4 Å². The van der Waals surface area contributed by atoms with Gasteiger partial charge in [0.1, 0.15) is 5.02 Å². The van der Waals surface area contributed by atoms with E-state index in [2.05, 4.69) is 16.4 Å². The van der Waals surface area contributed by atoms with Gasteiger partial charge in [-0.2, -0.15) is 8.42 Å². The fraction of sp³-hybridized carbons (Fsp3) is 0.429. The van der Waals surface area contributed by atoms with Gasteiger partial charge < -0.3 is 9.08 Å². The van der Waals surface area contributed by atoms with Gasteiger partial charge in [0.25, 0.3) is 0 Å². The van der Waals surface area contributed by atoms with Crippen LogP contribution < -0.4 is 9.08 Å². The fourth-order valence-electron chi connectivity index (χ4n) is 2.32. The molecule has 0 atom stereocenters. The van der Waals surface area contributed by atoms with Gasteiger partial charge >= 0.3 is 10.1 Å². The topological polar surface area (TPSA) is 49.9 Å². The first-order valence-electron chi connectivity index (χ1n) is 6.67. The maximum Gasteiger partial charge on any atom is 0.306 e. The molecular weight excluding hydrogens is 312 g/mol. The second-order valence-electron chi connectivity index (χ2n) is 4.95. The lowest BCUT2D eigenvalue weighted by Gasteiger charge is -2.36. The van der Waals surface area contributed by atoms with E-state index in [1.165, 1.54) is 0 Å². The first-order chi connectivity index (χ1) is 9.90. The van der Waals surface area contributed by atoms with Crippen LogP contribution in [0.15, 0.2) is 30.9 Å². The van der Waals surface area contributed by atoms with Gasteiger partial charge in [-0.25, -0.2) is 0 Å². The van der Waals surface area contributed by atoms with Gasteiger partial charge in [-0.3, -0.25) is 4.90 Å². The van der Waals surface area contributed by atoms with Crippen LogP contribution in [0.2, 0.25) is 5.02 Å². The normalized spacial score (nSPS) is 16.8. The lowest BCUT2D eigenvalue weighted by atomic mass is 10.2. The van der Waals surface area contributed by atoms with Crippen LogP contribution in [0.4, 0.5) is 5.69 Å². The van der Waals surface area contributed by atoms with Crippen molar-refractivity contribution in [1.29, 1.82) is 0 Å². The van der Waals surface area contributed by atoms with E-state index < -0.39 is 10.1 Å². The third-order valence-corrected chi connectivity index (χ3v) is 4.15. The highest BCUT2D eigenvalue weighted by Gasteiger charge is 2.20. The van der Waals surface area contributed by atoms with E-state index in [-0.39, 0.29) is 5.75 Å². The molecule has 0 spiro atoms. The Morgan fingerprint density at radius 2 is 2.00 bits per heavy atom. The Labute approximate surface area is 130 Å². The van der Waals surface area contributed by atoms with E-state index >= 15 is 0 Å². The Morgan fingerprint density at radius 3 is 2.57 bits per heavy atom. The number of halogens is 1. The summed E-state index contributed by atoms with van der Waals surface area (Å²) in [5.41, 5.74) is 0.802. The first-order valence-corrected chi connectivity index (χ1v) is 8.86. The number of rotatable bonds is 5. The van der Waals surface area contributed by atoms with Crippen LogP contribution in [0, 0.1) is 0 Å². The summed E-state index contributed by atoms with van der Waals surface area (Å²) in [4.78, 5) is 4.44. The van der Waals surface area contributed by atoms with Crippen molar-refractivity contribution in [3.8, 4) is 5.75 Å². The summed E-state index contributed by atoms with van der Waals surface area (Å²) in [5.74, 6) is 0.171. The van der Waals surface area contributed by atoms with Gasteiger partial charge in [-0.1, -0.05) is 23.7 Å². The highest BCUT2D eigenvalue weighted by molar-refractivity contribution is 7.86. The van der Waals surface area contributed by atoms with Gasteiger partial charge in [0.2, 0.25) is 0 Å². The van der Waals surface area contributed by atoms with Crippen LogP contribution in [-0.4, -0.2) is 52.3 Å². The number of anilines is 1. The highest BCUT2D eigenvalue weighted by atomic mass is 35.5. The third-order valence-electron chi connectivity index (χ3n) is 3.28. The first kappa shape index (κ1) is 16.1. The second-order valence-corrected chi connectivity index (χ2v) is 6.91. The van der Waals surface area contributed by atoms with Crippen molar-refractivity contribution in [2.45, 2.75) is 0 Å². The maximum absolute atomic E-state index is 11.2. The van der Waals surface area contributed by atoms with Crippen molar-refractivity contribution in [3.05, 3.63) is 35.9 Å². The van der Waals surface area contributed by atoms with E-state index in [0.29, 0.717) is 5.02 Å². The number of hydrogen-bond donors (Lipinski definition) is 0. The molecule has 0 amide bonds. The van der Waals surface area contributed by atoms with Gasteiger partial charge in [0, 0.05) is 32.7 Å². The number of piperazine rings is 1. The lowest BCUT2D eigenvalue weighted by Crippen LogP contribution is -2.46.